The molecular weight excluding hydrogens is 221 g/mol. The zero-order valence-corrected chi connectivity index (χ0v) is 9.72. The van der Waals surface area contributed by atoms with E-state index in [0.717, 1.165) is 0 Å². The number of nitrogens with two attached hydrogens (primary N) is 1. The highest BCUT2D eigenvalue weighted by molar-refractivity contribution is 5.32. The smallest absolute Gasteiger partial charge is 0.304 e. The summed E-state index contributed by atoms with van der Waals surface area (Å²) in [5.74, 6) is 0.624. The zero-order valence-electron chi connectivity index (χ0n) is 9.72. The summed E-state index contributed by atoms with van der Waals surface area (Å²) in [5.41, 5.74) is 5.62. The van der Waals surface area contributed by atoms with Gasteiger partial charge in [-0.05, 0) is 38.1 Å². The van der Waals surface area contributed by atoms with E-state index in [1.807, 2.05) is 18.4 Å². The summed E-state index contributed by atoms with van der Waals surface area (Å²) in [6, 6.07) is 6.36. The molecule has 0 saturated carbocycles. The van der Waals surface area contributed by atoms with Gasteiger partial charge in [0.05, 0.1) is 6.20 Å². The second-order valence-corrected chi connectivity index (χ2v) is 4.01. The van der Waals surface area contributed by atoms with E-state index >= 15 is 0 Å². The number of nitrogens with zero attached hydrogens (tertiary/aromatic N) is 2. The van der Waals surface area contributed by atoms with E-state index < -0.39 is 0 Å². The highest BCUT2D eigenvalue weighted by Crippen LogP contribution is 2.24. The average molecular weight is 235 g/mol. The number of hydrogen-bond acceptors (Lipinski definition) is 3. The molecule has 5 heteroatoms. The molecule has 0 fully saturated rings. The van der Waals surface area contributed by atoms with E-state index in [4.69, 9.17) is 10.5 Å². The fourth-order valence-corrected chi connectivity index (χ4v) is 1.45. The van der Waals surface area contributed by atoms with E-state index in [-0.39, 0.29) is 11.9 Å². The first-order valence-corrected chi connectivity index (χ1v) is 5.34. The Morgan fingerprint density at radius 2 is 1.94 bits per heavy atom. The largest absolute Gasteiger partial charge is 0.425 e. The van der Waals surface area contributed by atoms with Gasteiger partial charge in [-0.15, -0.1) is 0 Å². The second-order valence-electron chi connectivity index (χ2n) is 4.01. The maximum atomic E-state index is 12.7. The first kappa shape index (κ1) is 11.4. The second kappa shape index (κ2) is 4.45. The van der Waals surface area contributed by atoms with Gasteiger partial charge in [-0.1, -0.05) is 0 Å². The molecule has 0 aliphatic heterocycles. The number of nitrogen functional groups attached to an aromatic ring is 1. The maximum Gasteiger partial charge on any atom is 0.304 e. The molecule has 2 rings (SSSR count). The van der Waals surface area contributed by atoms with Crippen LogP contribution < -0.4 is 10.5 Å². The van der Waals surface area contributed by atoms with Crippen LogP contribution in [0.15, 0.2) is 30.5 Å². The Balaban J connectivity index is 2.26. The molecule has 17 heavy (non-hydrogen) atoms. The molecule has 1 heterocycles. The number of benzene rings is 1. The van der Waals surface area contributed by atoms with Crippen molar-refractivity contribution in [2.24, 2.45) is 0 Å². The minimum atomic E-state index is -0.302. The van der Waals surface area contributed by atoms with Crippen LogP contribution in [0.5, 0.6) is 11.8 Å². The van der Waals surface area contributed by atoms with Gasteiger partial charge in [0, 0.05) is 6.04 Å². The standard InChI is InChI=1S/C12H14FN3O/c1-8(2)16-7-11(14)15-12(16)17-10-5-3-9(13)4-6-10/h3-8H,14H2,1-2H3. The van der Waals surface area contributed by atoms with Gasteiger partial charge < -0.3 is 10.5 Å². The summed E-state index contributed by atoms with van der Waals surface area (Å²) in [7, 11) is 0. The van der Waals surface area contributed by atoms with E-state index in [0.29, 0.717) is 17.6 Å². The third-order valence-corrected chi connectivity index (χ3v) is 2.30. The number of aromatic nitrogens is 2. The molecule has 0 unspecified atom stereocenters. The van der Waals surface area contributed by atoms with Gasteiger partial charge in [-0.3, -0.25) is 4.57 Å². The average Bonchev–Trinajstić information content (AvgIpc) is 2.63. The van der Waals surface area contributed by atoms with Gasteiger partial charge in [0.25, 0.3) is 0 Å². The fraction of sp³-hybridized carbons (Fsp3) is 0.250. The number of hydrogen-bond donors (Lipinski definition) is 1. The van der Waals surface area contributed by atoms with Crippen molar-refractivity contribution in [1.29, 1.82) is 0 Å². The molecule has 0 aliphatic rings. The van der Waals surface area contributed by atoms with Crippen molar-refractivity contribution < 1.29 is 9.13 Å². The summed E-state index contributed by atoms with van der Waals surface area (Å²) >= 11 is 0. The first-order valence-electron chi connectivity index (χ1n) is 5.34. The van der Waals surface area contributed by atoms with Gasteiger partial charge >= 0.3 is 6.01 Å². The van der Waals surface area contributed by atoms with Crippen LogP contribution in [0.2, 0.25) is 0 Å². The predicted molar refractivity (Wildman–Crippen MR) is 63.5 cm³/mol. The lowest BCUT2D eigenvalue weighted by Crippen LogP contribution is -2.02. The Bertz CT molecular complexity index is 505. The molecule has 4 nitrogen and oxygen atoms in total. The van der Waals surface area contributed by atoms with Crippen molar-refractivity contribution in [2.45, 2.75) is 19.9 Å². The lowest BCUT2D eigenvalue weighted by molar-refractivity contribution is 0.395. The first-order chi connectivity index (χ1) is 8.06. The third kappa shape index (κ3) is 2.55. The number of ether oxygens (including phenoxy) is 1. The molecule has 1 aromatic carbocycles. The Morgan fingerprint density at radius 3 is 2.53 bits per heavy atom. The molecule has 0 amide bonds. The van der Waals surface area contributed by atoms with Gasteiger partial charge in [0.15, 0.2) is 0 Å². The number of halogens is 1. The molecule has 0 bridgehead atoms. The van der Waals surface area contributed by atoms with Gasteiger partial charge in [-0.2, -0.15) is 4.98 Å². The molecule has 0 aliphatic carbocycles. The van der Waals surface area contributed by atoms with Crippen LogP contribution in [0.3, 0.4) is 0 Å². The monoisotopic (exact) mass is 235 g/mol. The Hall–Kier alpha value is -2.04. The Kier molecular flexibility index (Phi) is 2.99. The summed E-state index contributed by atoms with van der Waals surface area (Å²) in [6.07, 6.45) is 1.71. The maximum absolute atomic E-state index is 12.7. The summed E-state index contributed by atoms with van der Waals surface area (Å²) < 4.78 is 20.1. The van der Waals surface area contributed by atoms with Crippen LogP contribution in [-0.4, -0.2) is 9.55 Å². The molecule has 1 aromatic heterocycles. The molecule has 0 atom stereocenters. The third-order valence-electron chi connectivity index (χ3n) is 2.30. The van der Waals surface area contributed by atoms with Gasteiger partial charge in [-0.25, -0.2) is 4.39 Å². The Labute approximate surface area is 98.8 Å². The summed E-state index contributed by atoms with van der Waals surface area (Å²) in [6.45, 7) is 4.00. The van der Waals surface area contributed by atoms with Gasteiger partial charge in [0.2, 0.25) is 0 Å². The van der Waals surface area contributed by atoms with Crippen LogP contribution in [0.1, 0.15) is 19.9 Å². The normalized spacial score (nSPS) is 10.8. The SMILES string of the molecule is CC(C)n1cc(N)nc1Oc1ccc(F)cc1. The minimum absolute atomic E-state index is 0.190. The van der Waals surface area contributed by atoms with Crippen molar-refractivity contribution in [1.82, 2.24) is 9.55 Å². The number of rotatable bonds is 3. The molecular formula is C12H14FN3O. The zero-order chi connectivity index (χ0) is 12.4. The van der Waals surface area contributed by atoms with Crippen LogP contribution in [0, 0.1) is 5.82 Å². The van der Waals surface area contributed by atoms with Crippen molar-refractivity contribution in [3.63, 3.8) is 0 Å². The minimum Gasteiger partial charge on any atom is -0.425 e. The lowest BCUT2D eigenvalue weighted by atomic mass is 10.3. The quantitative estimate of drug-likeness (QED) is 0.889. The van der Waals surface area contributed by atoms with E-state index in [2.05, 4.69) is 4.98 Å². The number of imidazole rings is 1. The van der Waals surface area contributed by atoms with Crippen LogP contribution in [0.25, 0.3) is 0 Å². The highest BCUT2D eigenvalue weighted by Gasteiger charge is 2.11. The molecule has 0 spiro atoms. The molecule has 0 radical (unpaired) electrons. The van der Waals surface area contributed by atoms with Crippen LogP contribution in [-0.2, 0) is 0 Å². The van der Waals surface area contributed by atoms with Crippen molar-refractivity contribution in [3.8, 4) is 11.8 Å². The molecule has 2 aromatic rings. The van der Waals surface area contributed by atoms with Crippen molar-refractivity contribution >= 4 is 5.82 Å². The van der Waals surface area contributed by atoms with E-state index in [1.54, 1.807) is 18.3 Å². The fourth-order valence-electron chi connectivity index (χ4n) is 1.45. The van der Waals surface area contributed by atoms with Gasteiger partial charge in [0.1, 0.15) is 17.4 Å². The molecule has 0 saturated heterocycles. The van der Waals surface area contributed by atoms with E-state index in [9.17, 15) is 4.39 Å². The van der Waals surface area contributed by atoms with Crippen molar-refractivity contribution in [3.05, 3.63) is 36.3 Å². The molecule has 2 N–H and O–H groups in total. The van der Waals surface area contributed by atoms with Crippen LogP contribution >= 0.6 is 0 Å². The highest BCUT2D eigenvalue weighted by atomic mass is 19.1. The predicted octanol–water partition coefficient (Wildman–Crippen LogP) is 2.98. The number of anilines is 1. The summed E-state index contributed by atoms with van der Waals surface area (Å²) in [5, 5.41) is 0. The molecule has 90 valence electrons. The topological polar surface area (TPSA) is 53.1 Å². The lowest BCUT2D eigenvalue weighted by Gasteiger charge is -2.11. The van der Waals surface area contributed by atoms with E-state index in [1.165, 1.54) is 12.1 Å². The van der Waals surface area contributed by atoms with Crippen LogP contribution in [0.4, 0.5) is 10.2 Å². The summed E-state index contributed by atoms with van der Waals surface area (Å²) in [4.78, 5) is 4.07. The van der Waals surface area contributed by atoms with Crippen molar-refractivity contribution in [2.75, 3.05) is 5.73 Å². The Morgan fingerprint density at radius 1 is 1.29 bits per heavy atom.